The van der Waals surface area contributed by atoms with Crippen LogP contribution in [0.25, 0.3) is 11.1 Å². The summed E-state index contributed by atoms with van der Waals surface area (Å²) in [6.45, 7) is 11.6. The fourth-order valence-electron chi connectivity index (χ4n) is 5.16. The Labute approximate surface area is 192 Å². The van der Waals surface area contributed by atoms with Gasteiger partial charge in [0.15, 0.2) is 0 Å². The third kappa shape index (κ3) is 5.72. The highest BCUT2D eigenvalue weighted by Crippen LogP contribution is 2.54. The van der Waals surface area contributed by atoms with Gasteiger partial charge in [0.25, 0.3) is 0 Å². The average molecular weight is 431 g/mol. The monoisotopic (exact) mass is 430 g/mol. The number of unbranched alkanes of at least 4 members (excludes halogenated alkanes) is 6. The van der Waals surface area contributed by atoms with Gasteiger partial charge >= 0.3 is 0 Å². The number of rotatable bonds is 10. The molecule has 2 aromatic rings. The summed E-state index contributed by atoms with van der Waals surface area (Å²) in [5, 5.41) is 0. The lowest BCUT2D eigenvalue weighted by Crippen LogP contribution is -2.25. The minimum absolute atomic E-state index is 0.171. The van der Waals surface area contributed by atoms with E-state index in [1.54, 1.807) is 11.1 Å². The Morgan fingerprint density at radius 3 is 1.94 bits per heavy atom. The van der Waals surface area contributed by atoms with Crippen LogP contribution in [0.1, 0.15) is 94.7 Å². The highest BCUT2D eigenvalue weighted by atomic mass is 28.3. The van der Waals surface area contributed by atoms with Crippen LogP contribution in [-0.2, 0) is 5.41 Å². The Morgan fingerprint density at radius 2 is 1.32 bits per heavy atom. The molecule has 0 fully saturated rings. The van der Waals surface area contributed by atoms with E-state index in [9.17, 15) is 0 Å². The third-order valence-electron chi connectivity index (χ3n) is 6.76. The van der Waals surface area contributed by atoms with E-state index >= 15 is 0 Å². The second kappa shape index (κ2) is 10.7. The molecule has 0 unspecified atom stereocenters. The van der Waals surface area contributed by atoms with E-state index in [1.807, 2.05) is 0 Å². The summed E-state index contributed by atoms with van der Waals surface area (Å²) < 4.78 is 0. The summed E-state index contributed by atoms with van der Waals surface area (Å²) in [6, 6.07) is 16.3. The molecule has 1 heteroatoms. The van der Waals surface area contributed by atoms with Crippen LogP contribution in [0.3, 0.4) is 0 Å². The van der Waals surface area contributed by atoms with Crippen molar-refractivity contribution in [2.45, 2.75) is 103 Å². The van der Waals surface area contributed by atoms with Crippen molar-refractivity contribution in [1.82, 2.24) is 0 Å². The number of fused-ring (bicyclic) bond motifs is 3. The van der Waals surface area contributed by atoms with Gasteiger partial charge in [-0.1, -0.05) is 121 Å². The van der Waals surface area contributed by atoms with Crippen molar-refractivity contribution in [2.24, 2.45) is 0 Å². The Bertz CT molecular complexity index is 907. The summed E-state index contributed by atoms with van der Waals surface area (Å²) in [6.07, 6.45) is 13.2. The van der Waals surface area contributed by atoms with Crippen molar-refractivity contribution in [3.8, 4) is 22.6 Å². The van der Waals surface area contributed by atoms with E-state index in [1.165, 1.54) is 80.9 Å². The van der Waals surface area contributed by atoms with Gasteiger partial charge in [0.05, 0.1) is 0 Å². The van der Waals surface area contributed by atoms with Crippen LogP contribution in [-0.4, -0.2) is 8.07 Å². The molecule has 0 aromatic heterocycles. The summed E-state index contributed by atoms with van der Waals surface area (Å²) >= 11 is 0. The van der Waals surface area contributed by atoms with E-state index in [4.69, 9.17) is 0 Å². The highest BCUT2D eigenvalue weighted by molar-refractivity contribution is 6.83. The van der Waals surface area contributed by atoms with Gasteiger partial charge in [-0.15, -0.1) is 5.54 Å². The molecule has 31 heavy (non-hydrogen) atoms. The van der Waals surface area contributed by atoms with Gasteiger partial charge in [0, 0.05) is 11.0 Å². The Balaban J connectivity index is 2.05. The number of benzene rings is 2. The quantitative estimate of drug-likeness (QED) is 0.200. The summed E-state index contributed by atoms with van der Waals surface area (Å²) in [4.78, 5) is 0. The zero-order chi connectivity index (χ0) is 22.3. The molecule has 0 N–H and O–H groups in total. The molecule has 3 rings (SSSR count). The van der Waals surface area contributed by atoms with Crippen LogP contribution < -0.4 is 0 Å². The van der Waals surface area contributed by atoms with Crippen molar-refractivity contribution in [1.29, 1.82) is 0 Å². The SMILES string of the molecule is CCCCCCC1(CCCCCC)c2ccccc2-c2ccc(C#C[Si](C)(C)C)cc21. The second-order valence-corrected chi connectivity index (χ2v) is 15.3. The first kappa shape index (κ1) is 23.9. The lowest BCUT2D eigenvalue weighted by Gasteiger charge is -2.33. The van der Waals surface area contributed by atoms with Crippen molar-refractivity contribution in [2.75, 3.05) is 0 Å². The summed E-state index contributed by atoms with van der Waals surface area (Å²) in [7, 11) is -1.39. The molecular weight excluding hydrogens is 388 g/mol. The molecule has 0 saturated carbocycles. The molecule has 166 valence electrons. The first-order chi connectivity index (χ1) is 14.9. The van der Waals surface area contributed by atoms with Gasteiger partial charge in [0.2, 0.25) is 0 Å². The molecule has 0 radical (unpaired) electrons. The predicted octanol–water partition coefficient (Wildman–Crippen LogP) is 9.12. The molecule has 0 bridgehead atoms. The maximum atomic E-state index is 3.59. The summed E-state index contributed by atoms with van der Waals surface area (Å²) in [5.74, 6) is 3.54. The standard InChI is InChI=1S/C30H42Si/c1-6-8-10-14-21-30(22-15-11-9-7-2)28-17-13-12-16-26(28)27-19-18-25(24-29(27)30)20-23-31(3,4)5/h12-13,16-19,24H,6-11,14-15,21-22H2,1-5H3. The number of hydrogen-bond donors (Lipinski definition) is 0. The molecule has 1 aliphatic carbocycles. The fraction of sp³-hybridized carbons (Fsp3) is 0.533. The highest BCUT2D eigenvalue weighted by Gasteiger charge is 2.42. The van der Waals surface area contributed by atoms with Gasteiger partial charge in [0.1, 0.15) is 8.07 Å². The Hall–Kier alpha value is -1.78. The molecule has 0 atom stereocenters. The molecule has 0 heterocycles. The third-order valence-corrected chi connectivity index (χ3v) is 7.64. The molecule has 0 aliphatic heterocycles. The molecule has 0 nitrogen and oxygen atoms in total. The van der Waals surface area contributed by atoms with Gasteiger partial charge in [-0.05, 0) is 47.2 Å². The van der Waals surface area contributed by atoms with E-state index in [0.717, 1.165) is 0 Å². The van der Waals surface area contributed by atoms with Gasteiger partial charge in [-0.25, -0.2) is 0 Å². The van der Waals surface area contributed by atoms with Crippen molar-refractivity contribution in [3.05, 3.63) is 59.2 Å². The maximum absolute atomic E-state index is 3.59. The van der Waals surface area contributed by atoms with E-state index in [0.29, 0.717) is 0 Å². The molecule has 0 amide bonds. The minimum Gasteiger partial charge on any atom is -0.127 e. The minimum atomic E-state index is -1.39. The molecule has 0 spiro atoms. The van der Waals surface area contributed by atoms with Crippen molar-refractivity contribution < 1.29 is 0 Å². The lowest BCUT2D eigenvalue weighted by atomic mass is 9.70. The Kier molecular flexibility index (Phi) is 8.23. The average Bonchev–Trinajstić information content (AvgIpc) is 3.02. The zero-order valence-electron chi connectivity index (χ0n) is 20.6. The van der Waals surface area contributed by atoms with E-state index < -0.39 is 8.07 Å². The lowest BCUT2D eigenvalue weighted by molar-refractivity contribution is 0.401. The van der Waals surface area contributed by atoms with Crippen LogP contribution in [0.2, 0.25) is 19.6 Å². The van der Waals surface area contributed by atoms with Crippen molar-refractivity contribution in [3.63, 3.8) is 0 Å². The van der Waals surface area contributed by atoms with Crippen LogP contribution in [0.4, 0.5) is 0 Å². The Morgan fingerprint density at radius 1 is 0.710 bits per heavy atom. The first-order valence-electron chi connectivity index (χ1n) is 12.7. The summed E-state index contributed by atoms with van der Waals surface area (Å²) in [5.41, 5.74) is 11.0. The molecule has 1 aliphatic rings. The largest absolute Gasteiger partial charge is 0.129 e. The maximum Gasteiger partial charge on any atom is 0.129 e. The first-order valence-corrected chi connectivity index (χ1v) is 16.2. The second-order valence-electron chi connectivity index (χ2n) is 10.5. The van der Waals surface area contributed by atoms with Crippen LogP contribution in [0, 0.1) is 11.5 Å². The van der Waals surface area contributed by atoms with Crippen LogP contribution >= 0.6 is 0 Å². The van der Waals surface area contributed by atoms with Crippen molar-refractivity contribution >= 4 is 8.07 Å². The van der Waals surface area contributed by atoms with E-state index in [2.05, 4.69) is 87.4 Å². The van der Waals surface area contributed by atoms with Crippen LogP contribution in [0.5, 0.6) is 0 Å². The fourth-order valence-corrected chi connectivity index (χ4v) is 5.68. The van der Waals surface area contributed by atoms with E-state index in [-0.39, 0.29) is 5.41 Å². The van der Waals surface area contributed by atoms with Gasteiger partial charge in [-0.2, -0.15) is 0 Å². The van der Waals surface area contributed by atoms with Gasteiger partial charge < -0.3 is 0 Å². The zero-order valence-corrected chi connectivity index (χ0v) is 21.6. The van der Waals surface area contributed by atoms with Crippen LogP contribution in [0.15, 0.2) is 42.5 Å². The normalized spacial score (nSPS) is 14.0. The predicted molar refractivity (Wildman–Crippen MR) is 140 cm³/mol. The topological polar surface area (TPSA) is 0 Å². The smallest absolute Gasteiger partial charge is 0.127 e. The molecular formula is C30H42Si. The molecule has 2 aromatic carbocycles. The molecule has 0 saturated heterocycles. The number of hydrogen-bond acceptors (Lipinski definition) is 0. The van der Waals surface area contributed by atoms with Gasteiger partial charge in [-0.3, -0.25) is 0 Å².